The molecule has 1 N–H and O–H groups in total. The van der Waals surface area contributed by atoms with Gasteiger partial charge >= 0.3 is 5.69 Å². The predicted octanol–water partition coefficient (Wildman–Crippen LogP) is 1.68. The number of aromatic nitrogens is 1. The second-order valence-corrected chi connectivity index (χ2v) is 2.89. The highest BCUT2D eigenvalue weighted by molar-refractivity contribution is 5.58. The van der Waals surface area contributed by atoms with Crippen LogP contribution in [0.3, 0.4) is 0 Å². The highest BCUT2D eigenvalue weighted by Gasteiger charge is 2.15. The van der Waals surface area contributed by atoms with E-state index in [9.17, 15) is 10.1 Å². The van der Waals surface area contributed by atoms with Crippen LogP contribution >= 0.6 is 0 Å². The van der Waals surface area contributed by atoms with Gasteiger partial charge in [-0.1, -0.05) is 6.92 Å². The van der Waals surface area contributed by atoms with E-state index in [1.807, 2.05) is 13.0 Å². The van der Waals surface area contributed by atoms with Crippen molar-refractivity contribution in [1.82, 2.24) is 4.98 Å². The molecule has 1 heterocycles. The van der Waals surface area contributed by atoms with Crippen LogP contribution in [0.25, 0.3) is 0 Å². The lowest BCUT2D eigenvalue weighted by Crippen LogP contribution is -2.05. The smallest absolute Gasteiger partial charge is 0.312 e. The first-order valence-electron chi connectivity index (χ1n) is 4.47. The number of hydrogen-bond donors (Lipinski definition) is 1. The Morgan fingerprint density at radius 3 is 3.00 bits per heavy atom. The van der Waals surface area contributed by atoms with Crippen molar-refractivity contribution >= 4 is 11.5 Å². The number of pyridine rings is 1. The molecule has 0 atom stereocenters. The standard InChI is InChI=1S/C9H10N4O2/c1-2-3-11-9-8(13(14)15)4-7(5-10)6-12-9/h4,6H,2-3H2,1H3,(H,11,12). The van der Waals surface area contributed by atoms with Crippen molar-refractivity contribution in [3.8, 4) is 6.07 Å². The molecule has 0 unspecified atom stereocenters. The van der Waals surface area contributed by atoms with Crippen LogP contribution in [0, 0.1) is 21.4 Å². The molecule has 0 aliphatic carbocycles. The van der Waals surface area contributed by atoms with Gasteiger partial charge in [-0.25, -0.2) is 4.98 Å². The summed E-state index contributed by atoms with van der Waals surface area (Å²) in [5.41, 5.74) is 0.0197. The zero-order valence-electron chi connectivity index (χ0n) is 8.23. The number of nitrogens with one attached hydrogen (secondary N) is 1. The van der Waals surface area contributed by atoms with Gasteiger partial charge in [0.15, 0.2) is 0 Å². The van der Waals surface area contributed by atoms with Crippen LogP contribution in [0.1, 0.15) is 18.9 Å². The van der Waals surface area contributed by atoms with E-state index >= 15 is 0 Å². The number of hydrogen-bond acceptors (Lipinski definition) is 5. The first-order valence-corrected chi connectivity index (χ1v) is 4.47. The first-order chi connectivity index (χ1) is 7.19. The van der Waals surface area contributed by atoms with Crippen LogP contribution in [0.2, 0.25) is 0 Å². The Bertz CT molecular complexity index is 411. The normalized spacial score (nSPS) is 9.33. The van der Waals surface area contributed by atoms with E-state index in [1.165, 1.54) is 12.3 Å². The van der Waals surface area contributed by atoms with E-state index in [-0.39, 0.29) is 17.1 Å². The molecule has 6 nitrogen and oxygen atoms in total. The van der Waals surface area contributed by atoms with E-state index in [0.29, 0.717) is 6.54 Å². The summed E-state index contributed by atoms with van der Waals surface area (Å²) in [6, 6.07) is 3.02. The maximum absolute atomic E-state index is 10.7. The summed E-state index contributed by atoms with van der Waals surface area (Å²) in [6.07, 6.45) is 2.16. The molecular formula is C9H10N4O2. The maximum atomic E-state index is 10.7. The van der Waals surface area contributed by atoms with Crippen LogP contribution in [0.15, 0.2) is 12.3 Å². The van der Waals surface area contributed by atoms with Crippen molar-refractivity contribution in [2.75, 3.05) is 11.9 Å². The Labute approximate surface area is 86.7 Å². The molecule has 1 aromatic heterocycles. The summed E-state index contributed by atoms with van der Waals surface area (Å²) < 4.78 is 0. The van der Waals surface area contributed by atoms with Crippen molar-refractivity contribution in [2.45, 2.75) is 13.3 Å². The van der Waals surface area contributed by atoms with Gasteiger partial charge in [-0.15, -0.1) is 0 Å². The lowest BCUT2D eigenvalue weighted by Gasteiger charge is -2.03. The third kappa shape index (κ3) is 2.64. The second kappa shape index (κ2) is 4.91. The molecule has 0 aliphatic rings. The Kier molecular flexibility index (Phi) is 3.57. The van der Waals surface area contributed by atoms with Crippen molar-refractivity contribution in [1.29, 1.82) is 5.26 Å². The number of nitro groups is 1. The largest absolute Gasteiger partial charge is 0.364 e. The van der Waals surface area contributed by atoms with Gasteiger partial charge in [0, 0.05) is 18.8 Å². The van der Waals surface area contributed by atoms with E-state index in [1.54, 1.807) is 0 Å². The molecule has 0 amide bonds. The van der Waals surface area contributed by atoms with Gasteiger partial charge in [0.1, 0.15) is 6.07 Å². The average Bonchev–Trinajstić information content (AvgIpc) is 2.26. The molecule has 0 aliphatic heterocycles. The van der Waals surface area contributed by atoms with Crippen LogP contribution < -0.4 is 5.32 Å². The fourth-order valence-corrected chi connectivity index (χ4v) is 1.03. The molecule has 0 saturated carbocycles. The van der Waals surface area contributed by atoms with Crippen LogP contribution in [0.4, 0.5) is 11.5 Å². The lowest BCUT2D eigenvalue weighted by molar-refractivity contribution is -0.384. The van der Waals surface area contributed by atoms with Crippen LogP contribution in [0.5, 0.6) is 0 Å². The Hall–Kier alpha value is -2.16. The Morgan fingerprint density at radius 2 is 2.47 bits per heavy atom. The summed E-state index contributed by atoms with van der Waals surface area (Å²) in [5, 5.41) is 22.1. The molecule has 1 aromatic rings. The molecule has 0 spiro atoms. The lowest BCUT2D eigenvalue weighted by atomic mass is 10.2. The number of rotatable bonds is 4. The molecule has 78 valence electrons. The predicted molar refractivity (Wildman–Crippen MR) is 54.4 cm³/mol. The van der Waals surface area contributed by atoms with Gasteiger partial charge in [0.2, 0.25) is 5.82 Å². The zero-order chi connectivity index (χ0) is 11.3. The van der Waals surface area contributed by atoms with Gasteiger partial charge in [-0.05, 0) is 6.42 Å². The molecule has 0 aromatic carbocycles. The van der Waals surface area contributed by atoms with Crippen LogP contribution in [-0.4, -0.2) is 16.5 Å². The number of nitrogens with zero attached hydrogens (tertiary/aromatic N) is 3. The fraction of sp³-hybridized carbons (Fsp3) is 0.333. The minimum atomic E-state index is -0.550. The molecule has 6 heteroatoms. The van der Waals surface area contributed by atoms with Crippen LogP contribution in [-0.2, 0) is 0 Å². The van der Waals surface area contributed by atoms with Gasteiger partial charge in [0.05, 0.1) is 10.5 Å². The monoisotopic (exact) mass is 206 g/mol. The quantitative estimate of drug-likeness (QED) is 0.597. The zero-order valence-corrected chi connectivity index (χ0v) is 8.23. The molecule has 0 bridgehead atoms. The molecular weight excluding hydrogens is 196 g/mol. The van der Waals surface area contributed by atoms with Gasteiger partial charge in [-0.3, -0.25) is 10.1 Å². The van der Waals surface area contributed by atoms with Gasteiger partial charge in [-0.2, -0.15) is 5.26 Å². The highest BCUT2D eigenvalue weighted by Crippen LogP contribution is 2.22. The van der Waals surface area contributed by atoms with E-state index in [0.717, 1.165) is 6.42 Å². The average molecular weight is 206 g/mol. The Morgan fingerprint density at radius 1 is 1.73 bits per heavy atom. The Balaban J connectivity index is 3.05. The number of nitriles is 1. The van der Waals surface area contributed by atoms with Gasteiger partial charge in [0.25, 0.3) is 0 Å². The second-order valence-electron chi connectivity index (χ2n) is 2.89. The van der Waals surface area contributed by atoms with Crippen molar-refractivity contribution in [2.24, 2.45) is 0 Å². The SMILES string of the molecule is CCCNc1ncc(C#N)cc1[N+](=O)[O-]. The summed E-state index contributed by atoms with van der Waals surface area (Å²) in [7, 11) is 0. The summed E-state index contributed by atoms with van der Waals surface area (Å²) in [4.78, 5) is 14.0. The summed E-state index contributed by atoms with van der Waals surface area (Å²) in [6.45, 7) is 2.56. The summed E-state index contributed by atoms with van der Waals surface area (Å²) >= 11 is 0. The van der Waals surface area contributed by atoms with Crippen molar-refractivity contribution in [3.05, 3.63) is 27.9 Å². The van der Waals surface area contributed by atoms with E-state index in [4.69, 9.17) is 5.26 Å². The summed E-state index contributed by atoms with van der Waals surface area (Å²) in [5.74, 6) is 0.209. The van der Waals surface area contributed by atoms with Gasteiger partial charge < -0.3 is 5.32 Å². The number of anilines is 1. The first kappa shape index (κ1) is 10.9. The van der Waals surface area contributed by atoms with E-state index in [2.05, 4.69) is 10.3 Å². The van der Waals surface area contributed by atoms with Crippen molar-refractivity contribution < 1.29 is 4.92 Å². The molecule has 1 rings (SSSR count). The topological polar surface area (TPSA) is 91.8 Å². The molecule has 0 fully saturated rings. The molecule has 0 radical (unpaired) electrons. The fourth-order valence-electron chi connectivity index (χ4n) is 1.03. The third-order valence-electron chi connectivity index (χ3n) is 1.74. The minimum Gasteiger partial charge on any atom is -0.364 e. The minimum absolute atomic E-state index is 0.164. The molecule has 15 heavy (non-hydrogen) atoms. The van der Waals surface area contributed by atoms with E-state index < -0.39 is 4.92 Å². The molecule has 0 saturated heterocycles. The maximum Gasteiger partial charge on any atom is 0.312 e. The highest BCUT2D eigenvalue weighted by atomic mass is 16.6. The third-order valence-corrected chi connectivity index (χ3v) is 1.74. The van der Waals surface area contributed by atoms with Crippen molar-refractivity contribution in [3.63, 3.8) is 0 Å².